The van der Waals surface area contributed by atoms with Gasteiger partial charge in [-0.3, -0.25) is 9.59 Å². The minimum atomic E-state index is -0.471. The van der Waals surface area contributed by atoms with Gasteiger partial charge in [0.05, 0.1) is 40.7 Å². The molecule has 172 valence electrons. The Hall–Kier alpha value is -3.75. The van der Waals surface area contributed by atoms with Gasteiger partial charge in [0.1, 0.15) is 5.75 Å². The highest BCUT2D eigenvalue weighted by molar-refractivity contribution is 5.96. The van der Waals surface area contributed by atoms with E-state index in [0.717, 1.165) is 12.8 Å². The van der Waals surface area contributed by atoms with Crippen molar-refractivity contribution in [2.24, 2.45) is 5.10 Å². The van der Waals surface area contributed by atoms with E-state index in [1.165, 1.54) is 27.5 Å². The highest BCUT2D eigenvalue weighted by atomic mass is 16.5. The van der Waals surface area contributed by atoms with Crippen LogP contribution in [-0.2, 0) is 4.79 Å². The molecule has 0 aliphatic heterocycles. The van der Waals surface area contributed by atoms with Gasteiger partial charge in [-0.2, -0.15) is 5.10 Å². The first-order valence-corrected chi connectivity index (χ1v) is 10.1. The maximum absolute atomic E-state index is 12.2. The van der Waals surface area contributed by atoms with E-state index >= 15 is 0 Å². The van der Waals surface area contributed by atoms with Gasteiger partial charge < -0.3 is 24.3 Å². The van der Waals surface area contributed by atoms with Crippen LogP contribution in [0.2, 0.25) is 0 Å². The van der Waals surface area contributed by atoms with Crippen molar-refractivity contribution in [1.82, 2.24) is 10.7 Å². The molecule has 0 radical (unpaired) electrons. The van der Waals surface area contributed by atoms with Crippen LogP contribution in [0.3, 0.4) is 0 Å². The van der Waals surface area contributed by atoms with E-state index in [4.69, 9.17) is 18.9 Å². The van der Waals surface area contributed by atoms with Crippen molar-refractivity contribution in [2.75, 3.05) is 34.5 Å². The van der Waals surface area contributed by atoms with Gasteiger partial charge in [0.2, 0.25) is 5.75 Å². The fourth-order valence-corrected chi connectivity index (χ4v) is 2.69. The fraction of sp³-hybridized carbons (Fsp3) is 0.348. The fourth-order valence-electron chi connectivity index (χ4n) is 2.69. The number of rotatable bonds is 12. The third kappa shape index (κ3) is 7.19. The van der Waals surface area contributed by atoms with Crippen LogP contribution >= 0.6 is 0 Å². The van der Waals surface area contributed by atoms with Crippen LogP contribution < -0.4 is 29.7 Å². The van der Waals surface area contributed by atoms with Gasteiger partial charge in [-0.25, -0.2) is 5.43 Å². The van der Waals surface area contributed by atoms with Crippen molar-refractivity contribution in [1.29, 1.82) is 0 Å². The highest BCUT2D eigenvalue weighted by Gasteiger charge is 2.12. The summed E-state index contributed by atoms with van der Waals surface area (Å²) in [4.78, 5) is 24.2. The molecule has 0 aromatic heterocycles. The van der Waals surface area contributed by atoms with E-state index in [2.05, 4.69) is 22.8 Å². The molecule has 0 aliphatic rings. The zero-order valence-corrected chi connectivity index (χ0v) is 18.8. The van der Waals surface area contributed by atoms with Crippen molar-refractivity contribution in [3.05, 3.63) is 47.5 Å². The lowest BCUT2D eigenvalue weighted by Gasteiger charge is -2.12. The molecular weight excluding hydrogens is 414 g/mol. The third-order valence-electron chi connectivity index (χ3n) is 4.38. The van der Waals surface area contributed by atoms with E-state index in [0.29, 0.717) is 40.7 Å². The Morgan fingerprint density at radius 3 is 2.22 bits per heavy atom. The van der Waals surface area contributed by atoms with Crippen LogP contribution in [0.5, 0.6) is 23.0 Å². The summed E-state index contributed by atoms with van der Waals surface area (Å²) in [5, 5.41) is 6.45. The number of ether oxygens (including phenoxy) is 4. The molecule has 2 aromatic rings. The molecule has 0 atom stereocenters. The Balaban J connectivity index is 1.85. The Morgan fingerprint density at radius 2 is 1.66 bits per heavy atom. The van der Waals surface area contributed by atoms with Crippen LogP contribution in [0.15, 0.2) is 41.5 Å². The zero-order valence-electron chi connectivity index (χ0n) is 18.8. The molecule has 2 rings (SSSR count). The SMILES string of the molecule is CCCCOc1ccc(C(=O)NCC(=O)N/N=C/c2cc(OC)c(OC)c(OC)c2)cc1. The topological polar surface area (TPSA) is 107 Å². The summed E-state index contributed by atoms with van der Waals surface area (Å²) >= 11 is 0. The number of unbranched alkanes of at least 4 members (excludes halogenated alkanes) is 1. The molecule has 0 fully saturated rings. The summed E-state index contributed by atoms with van der Waals surface area (Å²) in [5.74, 6) is 1.26. The van der Waals surface area contributed by atoms with Gasteiger partial charge in [-0.1, -0.05) is 13.3 Å². The van der Waals surface area contributed by atoms with Gasteiger partial charge in [0.25, 0.3) is 11.8 Å². The number of benzene rings is 2. The van der Waals surface area contributed by atoms with E-state index in [-0.39, 0.29) is 12.5 Å². The number of carbonyl (C=O) groups is 2. The predicted octanol–water partition coefficient (Wildman–Crippen LogP) is 2.77. The summed E-state index contributed by atoms with van der Waals surface area (Å²) in [5.41, 5.74) is 3.42. The summed E-state index contributed by atoms with van der Waals surface area (Å²) < 4.78 is 21.4. The quantitative estimate of drug-likeness (QED) is 0.297. The van der Waals surface area contributed by atoms with Crippen LogP contribution in [0, 0.1) is 0 Å². The van der Waals surface area contributed by atoms with Crippen LogP contribution in [0.1, 0.15) is 35.7 Å². The van der Waals surface area contributed by atoms with Gasteiger partial charge in [0.15, 0.2) is 11.5 Å². The Bertz CT molecular complexity index is 903. The van der Waals surface area contributed by atoms with E-state index in [9.17, 15) is 9.59 Å². The number of hydrogen-bond donors (Lipinski definition) is 2. The first kappa shape index (κ1) is 24.5. The van der Waals surface area contributed by atoms with Gasteiger partial charge in [-0.15, -0.1) is 0 Å². The number of hydrogen-bond acceptors (Lipinski definition) is 7. The molecule has 2 amide bonds. The molecule has 2 N–H and O–H groups in total. The minimum Gasteiger partial charge on any atom is -0.494 e. The monoisotopic (exact) mass is 443 g/mol. The Morgan fingerprint density at radius 1 is 1.00 bits per heavy atom. The lowest BCUT2D eigenvalue weighted by Crippen LogP contribution is -2.34. The molecule has 2 aromatic carbocycles. The molecule has 0 spiro atoms. The number of carbonyl (C=O) groups excluding carboxylic acids is 2. The Labute approximate surface area is 187 Å². The van der Waals surface area contributed by atoms with Crippen molar-refractivity contribution < 1.29 is 28.5 Å². The van der Waals surface area contributed by atoms with Crippen molar-refractivity contribution in [3.8, 4) is 23.0 Å². The smallest absolute Gasteiger partial charge is 0.259 e. The first-order valence-electron chi connectivity index (χ1n) is 10.1. The lowest BCUT2D eigenvalue weighted by molar-refractivity contribution is -0.120. The summed E-state index contributed by atoms with van der Waals surface area (Å²) in [6, 6.07) is 10.1. The normalized spacial score (nSPS) is 10.5. The van der Waals surface area contributed by atoms with Crippen molar-refractivity contribution >= 4 is 18.0 Å². The summed E-state index contributed by atoms with van der Waals surface area (Å²) in [6.45, 7) is 2.50. The van der Waals surface area contributed by atoms with Crippen LogP contribution in [0.4, 0.5) is 0 Å². The number of hydrazone groups is 1. The lowest BCUT2D eigenvalue weighted by atomic mass is 10.2. The molecule has 9 heteroatoms. The van der Waals surface area contributed by atoms with Crippen LogP contribution in [0.25, 0.3) is 0 Å². The average Bonchev–Trinajstić information content (AvgIpc) is 2.82. The summed E-state index contributed by atoms with van der Waals surface area (Å²) in [7, 11) is 4.53. The third-order valence-corrected chi connectivity index (χ3v) is 4.38. The molecule has 9 nitrogen and oxygen atoms in total. The zero-order chi connectivity index (χ0) is 23.3. The second-order valence-corrected chi connectivity index (χ2v) is 6.66. The largest absolute Gasteiger partial charge is 0.494 e. The second kappa shape index (κ2) is 12.8. The average molecular weight is 444 g/mol. The molecule has 0 bridgehead atoms. The van der Waals surface area contributed by atoms with Gasteiger partial charge >= 0.3 is 0 Å². The Kier molecular flexibility index (Phi) is 9.83. The van der Waals surface area contributed by atoms with E-state index < -0.39 is 5.91 Å². The maximum atomic E-state index is 12.2. The maximum Gasteiger partial charge on any atom is 0.259 e. The molecule has 0 saturated heterocycles. The number of nitrogens with one attached hydrogen (secondary N) is 2. The van der Waals surface area contributed by atoms with Gasteiger partial charge in [-0.05, 0) is 42.8 Å². The molecular formula is C23H29N3O6. The summed E-state index contributed by atoms with van der Waals surface area (Å²) in [6.07, 6.45) is 3.45. The van der Waals surface area contributed by atoms with Gasteiger partial charge in [0, 0.05) is 11.1 Å². The number of nitrogens with zero attached hydrogens (tertiary/aromatic N) is 1. The standard InChI is InChI=1S/C23H29N3O6/c1-5-6-11-32-18-9-7-17(8-10-18)23(28)24-15-21(27)26-25-14-16-12-19(29-2)22(31-4)20(13-16)30-3/h7-10,12-14H,5-6,11,15H2,1-4H3,(H,24,28)(H,26,27)/b25-14+. The van der Waals surface area contributed by atoms with Crippen molar-refractivity contribution in [2.45, 2.75) is 19.8 Å². The molecule has 32 heavy (non-hydrogen) atoms. The minimum absolute atomic E-state index is 0.222. The second-order valence-electron chi connectivity index (χ2n) is 6.66. The highest BCUT2D eigenvalue weighted by Crippen LogP contribution is 2.37. The van der Waals surface area contributed by atoms with Crippen LogP contribution in [-0.4, -0.2) is 52.5 Å². The van der Waals surface area contributed by atoms with E-state index in [1.807, 2.05) is 0 Å². The first-order chi connectivity index (χ1) is 15.5. The van der Waals surface area contributed by atoms with Crippen molar-refractivity contribution in [3.63, 3.8) is 0 Å². The number of methoxy groups -OCH3 is 3. The predicted molar refractivity (Wildman–Crippen MR) is 121 cm³/mol. The molecule has 0 heterocycles. The molecule has 0 saturated carbocycles. The van der Waals surface area contributed by atoms with E-state index in [1.54, 1.807) is 36.4 Å². The molecule has 0 unspecified atom stereocenters. The molecule has 0 aliphatic carbocycles. The number of amides is 2.